The molecule has 1 saturated heterocycles. The quantitative estimate of drug-likeness (QED) is 0.383. The Morgan fingerprint density at radius 1 is 1.67 bits per heavy atom. The van der Waals surface area contributed by atoms with Crippen LogP contribution in [0.4, 0.5) is 0 Å². The second-order valence-corrected chi connectivity index (χ2v) is 3.49. The van der Waals surface area contributed by atoms with Gasteiger partial charge in [0.25, 0.3) is 0 Å². The van der Waals surface area contributed by atoms with Crippen LogP contribution in [-0.2, 0) is 9.53 Å². The van der Waals surface area contributed by atoms with Crippen molar-refractivity contribution in [2.45, 2.75) is 25.5 Å². The molecule has 4 nitrogen and oxygen atoms in total. The van der Waals surface area contributed by atoms with Gasteiger partial charge < -0.3 is 14.9 Å². The van der Waals surface area contributed by atoms with Crippen LogP contribution in [0.5, 0.6) is 0 Å². The normalized spacial score (nSPS) is 34.4. The maximum Gasteiger partial charge on any atom is 0.314 e. The maximum absolute atomic E-state index is 11.1. The average molecular weight is 172 g/mol. The van der Waals surface area contributed by atoms with Crippen molar-refractivity contribution in [1.82, 2.24) is 0 Å². The van der Waals surface area contributed by atoms with E-state index in [-0.39, 0.29) is 0 Å². The molecule has 0 aromatic heterocycles. The maximum atomic E-state index is 11.1. The van der Waals surface area contributed by atoms with Crippen molar-refractivity contribution in [3.63, 3.8) is 0 Å². The zero-order chi connectivity index (χ0) is 9.35. The van der Waals surface area contributed by atoms with Gasteiger partial charge in [0.2, 0.25) is 0 Å². The van der Waals surface area contributed by atoms with Crippen molar-refractivity contribution in [1.29, 1.82) is 0 Å². The molecule has 0 bridgehead atoms. The van der Waals surface area contributed by atoms with E-state index in [1.54, 1.807) is 6.92 Å². The number of aliphatic hydroxyl groups is 2. The molecule has 2 N–H and O–H groups in total. The van der Waals surface area contributed by atoms with Crippen LogP contribution in [0.25, 0.3) is 0 Å². The first-order valence-electron chi connectivity index (χ1n) is 4.02. The Labute approximate surface area is 71.9 Å². The zero-order valence-electron chi connectivity index (χ0n) is 7.28. The van der Waals surface area contributed by atoms with Crippen molar-refractivity contribution in [2.24, 2.45) is 5.41 Å². The third-order valence-electron chi connectivity index (χ3n) is 2.43. The molecule has 1 fully saturated rings. The highest BCUT2D eigenvalue weighted by atomic mass is 16.5. The molecule has 0 aromatic rings. The molecule has 0 spiro atoms. The molecular weight excluding hydrogens is 159 g/mol. The molecule has 1 unspecified atom stereocenters. The number of hydrogen-bond donors (Lipinski definition) is 2. The summed E-state index contributed by atoms with van der Waals surface area (Å²) in [7, 11) is 1.46. The van der Waals surface area contributed by atoms with E-state index in [0.717, 1.165) is 0 Å². The van der Waals surface area contributed by atoms with Crippen LogP contribution in [0.15, 0.2) is 0 Å². The van der Waals surface area contributed by atoms with Gasteiger partial charge in [0, 0.05) is 6.00 Å². The van der Waals surface area contributed by atoms with Gasteiger partial charge in [0.05, 0.1) is 18.1 Å². The van der Waals surface area contributed by atoms with Crippen LogP contribution in [0.3, 0.4) is 0 Å². The third kappa shape index (κ3) is 1.34. The molecule has 12 heavy (non-hydrogen) atoms. The van der Waals surface area contributed by atoms with E-state index in [1.165, 1.54) is 7.85 Å². The van der Waals surface area contributed by atoms with E-state index >= 15 is 0 Å². The van der Waals surface area contributed by atoms with Crippen molar-refractivity contribution >= 4 is 13.8 Å². The lowest BCUT2D eigenvalue weighted by Crippen LogP contribution is -2.44. The molecule has 0 aliphatic carbocycles. The van der Waals surface area contributed by atoms with Crippen molar-refractivity contribution < 1.29 is 19.7 Å². The molecule has 68 valence electrons. The van der Waals surface area contributed by atoms with E-state index in [4.69, 9.17) is 9.84 Å². The largest absolute Gasteiger partial charge is 0.465 e. The number of esters is 1. The lowest BCUT2D eigenvalue weighted by molar-refractivity contribution is -0.152. The number of aliphatic hydroxyl groups excluding tert-OH is 2. The van der Waals surface area contributed by atoms with Gasteiger partial charge in [-0.3, -0.25) is 4.79 Å². The Morgan fingerprint density at radius 3 is 2.58 bits per heavy atom. The number of cyclic esters (lactones) is 1. The van der Waals surface area contributed by atoms with Gasteiger partial charge in [-0.1, -0.05) is 0 Å². The van der Waals surface area contributed by atoms with Gasteiger partial charge in [0.15, 0.2) is 0 Å². The first kappa shape index (κ1) is 9.54. The van der Waals surface area contributed by atoms with Crippen molar-refractivity contribution in [3.05, 3.63) is 0 Å². The van der Waals surface area contributed by atoms with Crippen LogP contribution < -0.4 is 0 Å². The Hall–Kier alpha value is -0.545. The zero-order valence-corrected chi connectivity index (χ0v) is 7.28. The minimum absolute atomic E-state index is 0.332. The Morgan fingerprint density at radius 2 is 2.25 bits per heavy atom. The summed E-state index contributed by atoms with van der Waals surface area (Å²) in [5, 5.41) is 18.6. The first-order chi connectivity index (χ1) is 5.48. The molecule has 3 atom stereocenters. The van der Waals surface area contributed by atoms with Gasteiger partial charge in [-0.15, -0.1) is 0 Å². The van der Waals surface area contributed by atoms with Crippen molar-refractivity contribution in [2.75, 3.05) is 6.61 Å². The summed E-state index contributed by atoms with van der Waals surface area (Å²) < 4.78 is 4.73. The first-order valence-corrected chi connectivity index (χ1v) is 4.02. The van der Waals surface area contributed by atoms with Gasteiger partial charge in [-0.05, 0) is 13.3 Å². The lowest BCUT2D eigenvalue weighted by atomic mass is 9.75. The lowest BCUT2D eigenvalue weighted by Gasteiger charge is -2.27. The summed E-state index contributed by atoms with van der Waals surface area (Å²) in [6.07, 6.45) is -0.565. The SMILES string of the molecule is BC(O)[C@H](O)[C@]1(C)CCOC1=O. The third-order valence-corrected chi connectivity index (χ3v) is 2.43. The number of ether oxygens (including phenoxy) is 1. The van der Waals surface area contributed by atoms with Crippen LogP contribution >= 0.6 is 0 Å². The summed E-state index contributed by atoms with van der Waals surface area (Å²) in [5.41, 5.74) is -0.922. The number of carbonyl (C=O) groups excluding carboxylic acids is 1. The topological polar surface area (TPSA) is 66.8 Å². The molecule has 0 saturated carbocycles. The van der Waals surface area contributed by atoms with Gasteiger partial charge in [0.1, 0.15) is 7.85 Å². The predicted molar refractivity (Wildman–Crippen MR) is 44.2 cm³/mol. The fraction of sp³-hybridized carbons (Fsp3) is 0.857. The summed E-state index contributed by atoms with van der Waals surface area (Å²) in [6, 6.07) is -0.902. The second-order valence-electron chi connectivity index (χ2n) is 3.49. The summed E-state index contributed by atoms with van der Waals surface area (Å²) >= 11 is 0. The predicted octanol–water partition coefficient (Wildman–Crippen LogP) is -1.75. The van der Waals surface area contributed by atoms with Gasteiger partial charge in [-0.2, -0.15) is 0 Å². The minimum atomic E-state index is -1.03. The number of carbonyl (C=O) groups is 1. The number of rotatable bonds is 2. The van der Waals surface area contributed by atoms with E-state index in [2.05, 4.69) is 0 Å². The fourth-order valence-corrected chi connectivity index (χ4v) is 1.42. The van der Waals surface area contributed by atoms with E-state index < -0.39 is 23.5 Å². The molecule has 1 aliphatic heterocycles. The molecule has 5 heteroatoms. The molecule has 1 rings (SSSR count). The van der Waals surface area contributed by atoms with Crippen molar-refractivity contribution in [3.8, 4) is 0 Å². The van der Waals surface area contributed by atoms with Gasteiger partial charge in [-0.25, -0.2) is 0 Å². The second kappa shape index (κ2) is 3.07. The van der Waals surface area contributed by atoms with Crippen LogP contribution in [-0.4, -0.2) is 42.7 Å². The molecule has 0 radical (unpaired) electrons. The molecule has 1 aliphatic rings. The highest BCUT2D eigenvalue weighted by Crippen LogP contribution is 2.34. The summed E-state index contributed by atoms with van der Waals surface area (Å²) in [6.45, 7) is 1.94. The summed E-state index contributed by atoms with van der Waals surface area (Å²) in [5.74, 6) is -0.420. The van der Waals surface area contributed by atoms with E-state index in [9.17, 15) is 9.90 Å². The summed E-state index contributed by atoms with van der Waals surface area (Å²) in [4.78, 5) is 11.1. The Balaban J connectivity index is 2.76. The highest BCUT2D eigenvalue weighted by Gasteiger charge is 2.47. The standard InChI is InChI=1S/C7H13BO4/c1-7(4(9)5(8)10)2-3-12-6(7)11/h4-5,9-10H,2-3,8H2,1H3/t4-,5?,7-/m0/s1. The average Bonchev–Trinajstić information content (AvgIpc) is 2.32. The molecule has 1 heterocycles. The molecular formula is C7H13BO4. The Kier molecular flexibility index (Phi) is 2.44. The Bertz CT molecular complexity index is 194. The minimum Gasteiger partial charge on any atom is -0.465 e. The molecule has 0 aromatic carbocycles. The van der Waals surface area contributed by atoms with E-state index in [0.29, 0.717) is 13.0 Å². The smallest absolute Gasteiger partial charge is 0.314 e. The van der Waals surface area contributed by atoms with Gasteiger partial charge >= 0.3 is 5.97 Å². The van der Waals surface area contributed by atoms with Crippen LogP contribution in [0, 0.1) is 5.41 Å². The number of hydrogen-bond acceptors (Lipinski definition) is 4. The highest BCUT2D eigenvalue weighted by molar-refractivity contribution is 6.11. The van der Waals surface area contributed by atoms with E-state index in [1.807, 2.05) is 0 Å². The van der Waals surface area contributed by atoms with Crippen LogP contribution in [0.2, 0.25) is 0 Å². The van der Waals surface area contributed by atoms with Crippen LogP contribution in [0.1, 0.15) is 13.3 Å². The monoisotopic (exact) mass is 172 g/mol. The fourth-order valence-electron chi connectivity index (χ4n) is 1.42. The molecule has 0 amide bonds.